The first kappa shape index (κ1) is 11.1. The van der Waals surface area contributed by atoms with Crippen molar-refractivity contribution in [1.82, 2.24) is 0 Å². The van der Waals surface area contributed by atoms with E-state index >= 15 is 0 Å². The second-order valence-electron chi connectivity index (χ2n) is 7.62. The van der Waals surface area contributed by atoms with Gasteiger partial charge in [-0.3, -0.25) is 0 Å². The van der Waals surface area contributed by atoms with Crippen molar-refractivity contribution in [3.8, 4) is 0 Å². The first-order valence-electron chi connectivity index (χ1n) is 7.03. The summed E-state index contributed by atoms with van der Waals surface area (Å²) in [4.78, 5) is 0. The maximum Gasteiger partial charge on any atom is 0.0604 e. The van der Waals surface area contributed by atoms with Crippen LogP contribution in [0.3, 0.4) is 0 Å². The highest BCUT2D eigenvalue weighted by molar-refractivity contribution is 5.17. The molecule has 0 aromatic rings. The van der Waals surface area contributed by atoms with E-state index in [1.54, 1.807) is 0 Å². The number of fused-ring (bicyclic) bond motifs is 2. The van der Waals surface area contributed by atoms with Gasteiger partial charge in [-0.1, -0.05) is 27.7 Å². The zero-order valence-electron chi connectivity index (χ0n) is 11.2. The summed E-state index contributed by atoms with van der Waals surface area (Å²) in [6, 6.07) is 0. The van der Waals surface area contributed by atoms with Gasteiger partial charge in [0.25, 0.3) is 0 Å². The molecule has 4 aliphatic carbocycles. The molecule has 0 amide bonds. The van der Waals surface area contributed by atoms with Crippen LogP contribution in [0.4, 0.5) is 0 Å². The molecule has 2 bridgehead atoms. The van der Waals surface area contributed by atoms with Gasteiger partial charge in [0.05, 0.1) is 6.10 Å². The largest absolute Gasteiger partial charge is 0.393 e. The fourth-order valence-electron chi connectivity index (χ4n) is 5.67. The summed E-state index contributed by atoms with van der Waals surface area (Å²) < 4.78 is 0. The topological polar surface area (TPSA) is 20.2 Å². The normalized spacial score (nSPS) is 58.7. The predicted octanol–water partition coefficient (Wildman–Crippen LogP) is 3.61. The number of aliphatic hydroxyl groups excluding tert-OH is 1. The van der Waals surface area contributed by atoms with Crippen LogP contribution in [-0.4, -0.2) is 11.2 Å². The maximum absolute atomic E-state index is 10.6. The van der Waals surface area contributed by atoms with Crippen molar-refractivity contribution in [2.24, 2.45) is 28.1 Å². The first-order chi connectivity index (χ1) is 7.34. The van der Waals surface area contributed by atoms with Crippen LogP contribution in [-0.2, 0) is 0 Å². The molecule has 0 unspecified atom stereocenters. The zero-order chi connectivity index (χ0) is 11.8. The minimum absolute atomic E-state index is 0.0620. The molecule has 0 aromatic heterocycles. The molecule has 0 aliphatic heterocycles. The van der Waals surface area contributed by atoms with Crippen molar-refractivity contribution in [3.63, 3.8) is 0 Å². The Labute approximate surface area is 99.6 Å². The molecule has 16 heavy (non-hydrogen) atoms. The van der Waals surface area contributed by atoms with Crippen LogP contribution in [0.25, 0.3) is 0 Å². The monoisotopic (exact) mass is 222 g/mol. The molecule has 92 valence electrons. The molecule has 4 rings (SSSR count). The van der Waals surface area contributed by atoms with Crippen molar-refractivity contribution >= 4 is 0 Å². The molecule has 0 radical (unpaired) electrons. The molecule has 0 aromatic carbocycles. The van der Waals surface area contributed by atoms with E-state index in [1.807, 2.05) is 0 Å². The van der Waals surface area contributed by atoms with E-state index in [1.165, 1.54) is 25.7 Å². The van der Waals surface area contributed by atoms with Crippen LogP contribution in [0.1, 0.15) is 59.8 Å². The zero-order valence-corrected chi connectivity index (χ0v) is 11.2. The lowest BCUT2D eigenvalue weighted by Crippen LogP contribution is -2.63. The van der Waals surface area contributed by atoms with Crippen molar-refractivity contribution in [3.05, 3.63) is 0 Å². The van der Waals surface area contributed by atoms with E-state index in [9.17, 15) is 5.11 Å². The molecular formula is C15H26O. The Bertz CT molecular complexity index is 321. The smallest absolute Gasteiger partial charge is 0.0604 e. The van der Waals surface area contributed by atoms with Gasteiger partial charge in [0.2, 0.25) is 0 Å². The van der Waals surface area contributed by atoms with E-state index in [4.69, 9.17) is 0 Å². The van der Waals surface area contributed by atoms with Gasteiger partial charge in [0.1, 0.15) is 0 Å². The van der Waals surface area contributed by atoms with Crippen molar-refractivity contribution < 1.29 is 5.11 Å². The lowest BCUT2D eigenvalue weighted by atomic mass is 9.38. The van der Waals surface area contributed by atoms with Crippen LogP contribution in [0.2, 0.25) is 0 Å². The molecule has 4 fully saturated rings. The predicted molar refractivity (Wildman–Crippen MR) is 66.1 cm³/mol. The second-order valence-corrected chi connectivity index (χ2v) is 7.62. The highest BCUT2D eigenvalue weighted by Gasteiger charge is 2.68. The van der Waals surface area contributed by atoms with Gasteiger partial charge in [-0.05, 0) is 60.2 Å². The average Bonchev–Trinajstić information content (AvgIpc) is 2.51. The Morgan fingerprint density at radius 2 is 1.75 bits per heavy atom. The minimum atomic E-state index is -0.0620. The van der Waals surface area contributed by atoms with Gasteiger partial charge in [0, 0.05) is 0 Å². The Morgan fingerprint density at radius 1 is 1.06 bits per heavy atom. The highest BCUT2D eigenvalue weighted by atomic mass is 16.3. The Hall–Kier alpha value is -0.0400. The van der Waals surface area contributed by atoms with E-state index in [0.717, 1.165) is 18.3 Å². The van der Waals surface area contributed by atoms with Crippen molar-refractivity contribution in [1.29, 1.82) is 0 Å². The third-order valence-corrected chi connectivity index (χ3v) is 7.33. The van der Waals surface area contributed by atoms with Gasteiger partial charge in [-0.15, -0.1) is 0 Å². The number of rotatable bonds is 0. The van der Waals surface area contributed by atoms with Crippen molar-refractivity contribution in [2.75, 3.05) is 0 Å². The van der Waals surface area contributed by atoms with Gasteiger partial charge in [0.15, 0.2) is 0 Å². The second kappa shape index (κ2) is 2.85. The molecule has 1 N–H and O–H groups in total. The van der Waals surface area contributed by atoms with Gasteiger partial charge in [-0.2, -0.15) is 0 Å². The minimum Gasteiger partial charge on any atom is -0.393 e. The molecule has 1 spiro atoms. The van der Waals surface area contributed by atoms with Gasteiger partial charge in [-0.25, -0.2) is 0 Å². The number of hydrogen-bond donors (Lipinski definition) is 1. The maximum atomic E-state index is 10.6. The molecule has 4 saturated carbocycles. The van der Waals surface area contributed by atoms with Crippen LogP contribution < -0.4 is 0 Å². The standard InChI is InChI=1S/C15H26O/c1-10-5-6-11-13(2,3)14(4)7-8-15(10,11)9-12(14)16/h10-12,16H,5-9H2,1-4H3/t10-,11+,12-,14-,15+/m1/s1. The van der Waals surface area contributed by atoms with Crippen LogP contribution in [0, 0.1) is 28.1 Å². The van der Waals surface area contributed by atoms with Crippen molar-refractivity contribution in [2.45, 2.75) is 65.9 Å². The van der Waals surface area contributed by atoms with Crippen LogP contribution >= 0.6 is 0 Å². The Morgan fingerprint density at radius 3 is 2.38 bits per heavy atom. The van der Waals surface area contributed by atoms with E-state index in [0.29, 0.717) is 10.8 Å². The van der Waals surface area contributed by atoms with Gasteiger partial charge < -0.3 is 5.11 Å². The van der Waals surface area contributed by atoms with E-state index in [-0.39, 0.29) is 11.5 Å². The average molecular weight is 222 g/mol. The summed E-state index contributed by atoms with van der Waals surface area (Å²) >= 11 is 0. The highest BCUT2D eigenvalue weighted by Crippen LogP contribution is 2.73. The molecule has 5 atom stereocenters. The summed E-state index contributed by atoms with van der Waals surface area (Å²) in [7, 11) is 0. The summed E-state index contributed by atoms with van der Waals surface area (Å²) in [5.74, 6) is 1.69. The SMILES string of the molecule is C[C@@H]1CC[C@H]2C(C)(C)[C@]3(C)CC[C@]12C[C@H]3O. The summed E-state index contributed by atoms with van der Waals surface area (Å²) in [6.07, 6.45) is 6.41. The lowest BCUT2D eigenvalue weighted by molar-refractivity contribution is -0.223. The third kappa shape index (κ3) is 0.939. The molecule has 4 aliphatic rings. The molecule has 0 saturated heterocycles. The number of hydrogen-bond acceptors (Lipinski definition) is 1. The molecule has 1 heteroatoms. The molecule has 1 nitrogen and oxygen atoms in total. The van der Waals surface area contributed by atoms with Gasteiger partial charge >= 0.3 is 0 Å². The lowest BCUT2D eigenvalue weighted by Gasteiger charge is -2.67. The molecule has 0 heterocycles. The molecular weight excluding hydrogens is 196 g/mol. The first-order valence-corrected chi connectivity index (χ1v) is 7.03. The van der Waals surface area contributed by atoms with Crippen LogP contribution in [0.15, 0.2) is 0 Å². The fraction of sp³-hybridized carbons (Fsp3) is 1.00. The quantitative estimate of drug-likeness (QED) is 0.664. The Kier molecular flexibility index (Phi) is 1.98. The van der Waals surface area contributed by atoms with Crippen LogP contribution in [0.5, 0.6) is 0 Å². The Balaban J connectivity index is 2.12. The third-order valence-electron chi connectivity index (χ3n) is 7.33. The summed E-state index contributed by atoms with van der Waals surface area (Å²) in [5, 5.41) is 10.6. The fourth-order valence-corrected chi connectivity index (χ4v) is 5.67. The van der Waals surface area contributed by atoms with E-state index < -0.39 is 0 Å². The summed E-state index contributed by atoms with van der Waals surface area (Å²) in [5.41, 5.74) is 0.984. The number of aliphatic hydroxyl groups is 1. The van der Waals surface area contributed by atoms with E-state index in [2.05, 4.69) is 27.7 Å². The summed E-state index contributed by atoms with van der Waals surface area (Å²) in [6.45, 7) is 9.61.